The summed E-state index contributed by atoms with van der Waals surface area (Å²) in [6, 6.07) is 17.1. The van der Waals surface area contributed by atoms with Gasteiger partial charge in [0.25, 0.3) is 0 Å². The van der Waals surface area contributed by atoms with E-state index < -0.39 is 23.9 Å². The average molecular weight is 531 g/mol. The van der Waals surface area contributed by atoms with E-state index in [1.54, 1.807) is 47.7 Å². The molecule has 1 aromatic heterocycles. The van der Waals surface area contributed by atoms with E-state index in [0.717, 1.165) is 10.6 Å². The highest BCUT2D eigenvalue weighted by Crippen LogP contribution is 2.48. The topological polar surface area (TPSA) is 113 Å². The van der Waals surface area contributed by atoms with Gasteiger partial charge in [-0.2, -0.15) is 0 Å². The molecule has 0 spiro atoms. The molecular weight excluding hydrogens is 504 g/mol. The van der Waals surface area contributed by atoms with Gasteiger partial charge in [-0.1, -0.05) is 30.3 Å². The van der Waals surface area contributed by atoms with Gasteiger partial charge in [0.2, 0.25) is 5.91 Å². The second-order valence-corrected chi connectivity index (χ2v) is 10.2. The lowest BCUT2D eigenvalue weighted by Crippen LogP contribution is -2.38. The molecule has 0 unspecified atom stereocenters. The van der Waals surface area contributed by atoms with Gasteiger partial charge in [0.05, 0.1) is 36.5 Å². The standard InChI is InChI=1S/C29H26N2O6S/c1-37-29(36)18-10-8-17(9-11-18)28-27-21(15-19(16-23(27)32)24-7-4-14-38-24)30-20-5-2-3-6-22(20)31(28)25(33)12-13-26(34)35/h2-11,14,19,28,30H,12-13,15-16H2,1H3,(H,34,35)/t19-,28-/m0/s1. The predicted octanol–water partition coefficient (Wildman–Crippen LogP) is 5.30. The number of thiophene rings is 1. The summed E-state index contributed by atoms with van der Waals surface area (Å²) < 4.78 is 4.82. The number of allylic oxidation sites excluding steroid dienone is 1. The fourth-order valence-electron chi connectivity index (χ4n) is 5.16. The number of nitrogens with one attached hydrogen (secondary N) is 1. The van der Waals surface area contributed by atoms with Gasteiger partial charge in [0, 0.05) is 34.9 Å². The lowest BCUT2D eigenvalue weighted by Gasteiger charge is -2.35. The zero-order valence-corrected chi connectivity index (χ0v) is 21.5. The maximum absolute atomic E-state index is 13.9. The van der Waals surface area contributed by atoms with Crippen molar-refractivity contribution in [3.63, 3.8) is 0 Å². The lowest BCUT2D eigenvalue weighted by atomic mass is 9.80. The Morgan fingerprint density at radius 3 is 2.47 bits per heavy atom. The fraction of sp³-hybridized carbons (Fsp3) is 0.241. The van der Waals surface area contributed by atoms with E-state index in [9.17, 15) is 24.3 Å². The van der Waals surface area contributed by atoms with Crippen LogP contribution in [0.2, 0.25) is 0 Å². The number of amides is 1. The molecule has 1 aliphatic carbocycles. The first kappa shape index (κ1) is 25.4. The molecule has 2 aromatic carbocycles. The molecule has 2 heterocycles. The minimum atomic E-state index is -1.08. The van der Waals surface area contributed by atoms with Crippen LogP contribution < -0.4 is 10.2 Å². The summed E-state index contributed by atoms with van der Waals surface area (Å²) in [6.07, 6.45) is 0.323. The largest absolute Gasteiger partial charge is 0.481 e. The summed E-state index contributed by atoms with van der Waals surface area (Å²) >= 11 is 1.61. The number of ketones is 1. The monoisotopic (exact) mass is 530 g/mol. The lowest BCUT2D eigenvalue weighted by molar-refractivity contribution is -0.138. The van der Waals surface area contributed by atoms with Gasteiger partial charge in [-0.3, -0.25) is 19.3 Å². The summed E-state index contributed by atoms with van der Waals surface area (Å²) in [5, 5.41) is 14.7. The van der Waals surface area contributed by atoms with E-state index in [1.807, 2.05) is 29.6 Å². The summed E-state index contributed by atoms with van der Waals surface area (Å²) in [5.41, 5.74) is 3.41. The number of hydrogen-bond acceptors (Lipinski definition) is 7. The van der Waals surface area contributed by atoms with Crippen LogP contribution >= 0.6 is 11.3 Å². The molecule has 2 aliphatic rings. The molecule has 38 heavy (non-hydrogen) atoms. The first-order valence-corrected chi connectivity index (χ1v) is 13.1. The van der Waals surface area contributed by atoms with Crippen LogP contribution in [0.1, 0.15) is 58.4 Å². The predicted molar refractivity (Wildman–Crippen MR) is 143 cm³/mol. The van der Waals surface area contributed by atoms with Crippen LogP contribution in [-0.2, 0) is 19.1 Å². The third kappa shape index (κ3) is 4.84. The number of nitrogens with zero attached hydrogens (tertiary/aromatic N) is 1. The van der Waals surface area contributed by atoms with Gasteiger partial charge in [0.15, 0.2) is 5.78 Å². The molecule has 9 heteroatoms. The number of carbonyl (C=O) groups excluding carboxylic acids is 3. The number of carboxylic acids is 1. The number of hydrogen-bond donors (Lipinski definition) is 2. The van der Waals surface area contributed by atoms with E-state index in [2.05, 4.69) is 5.32 Å². The maximum Gasteiger partial charge on any atom is 0.337 e. The van der Waals surface area contributed by atoms with Crippen molar-refractivity contribution in [3.05, 3.63) is 93.3 Å². The smallest absolute Gasteiger partial charge is 0.337 e. The van der Waals surface area contributed by atoms with Crippen molar-refractivity contribution in [1.29, 1.82) is 0 Å². The van der Waals surface area contributed by atoms with Crippen LogP contribution in [0.3, 0.4) is 0 Å². The third-order valence-corrected chi connectivity index (χ3v) is 7.94. The van der Waals surface area contributed by atoms with Crippen molar-refractivity contribution in [2.75, 3.05) is 17.3 Å². The normalized spacial score (nSPS) is 18.7. The molecule has 8 nitrogen and oxygen atoms in total. The Kier molecular flexibility index (Phi) is 7.11. The number of carboxylic acid groups (broad SMARTS) is 1. The van der Waals surface area contributed by atoms with Crippen LogP contribution in [0, 0.1) is 0 Å². The Bertz CT molecular complexity index is 1430. The van der Waals surface area contributed by atoms with Gasteiger partial charge in [-0.05, 0) is 47.7 Å². The van der Waals surface area contributed by atoms with Crippen molar-refractivity contribution < 1.29 is 29.0 Å². The molecule has 0 bridgehead atoms. The number of aliphatic carboxylic acids is 1. The number of anilines is 2. The first-order chi connectivity index (χ1) is 18.4. The minimum Gasteiger partial charge on any atom is -0.481 e. The van der Waals surface area contributed by atoms with E-state index in [0.29, 0.717) is 40.9 Å². The van der Waals surface area contributed by atoms with Crippen LogP contribution in [0.4, 0.5) is 11.4 Å². The molecule has 0 radical (unpaired) electrons. The third-order valence-electron chi connectivity index (χ3n) is 6.90. The number of carbonyl (C=O) groups is 4. The molecular formula is C29H26N2O6S. The molecule has 0 fully saturated rings. The van der Waals surface area contributed by atoms with Crippen molar-refractivity contribution in [1.82, 2.24) is 0 Å². The van der Waals surface area contributed by atoms with Crippen molar-refractivity contribution in [3.8, 4) is 0 Å². The highest BCUT2D eigenvalue weighted by atomic mass is 32.1. The Morgan fingerprint density at radius 1 is 1.03 bits per heavy atom. The zero-order valence-electron chi connectivity index (χ0n) is 20.7. The Hall–Kier alpha value is -4.24. The first-order valence-electron chi connectivity index (χ1n) is 12.2. The summed E-state index contributed by atoms with van der Waals surface area (Å²) in [6.45, 7) is 0. The van der Waals surface area contributed by atoms with E-state index in [4.69, 9.17) is 4.74 Å². The average Bonchev–Trinajstić information content (AvgIpc) is 3.41. The Morgan fingerprint density at radius 2 is 1.79 bits per heavy atom. The van der Waals surface area contributed by atoms with Gasteiger partial charge < -0.3 is 15.2 Å². The van der Waals surface area contributed by atoms with Gasteiger partial charge in [-0.25, -0.2) is 4.79 Å². The second kappa shape index (κ2) is 10.6. The van der Waals surface area contributed by atoms with Gasteiger partial charge in [0.1, 0.15) is 0 Å². The quantitative estimate of drug-likeness (QED) is 0.416. The van der Waals surface area contributed by atoms with Crippen LogP contribution in [0.15, 0.2) is 77.3 Å². The minimum absolute atomic E-state index is 0.0116. The van der Waals surface area contributed by atoms with Crippen molar-refractivity contribution >= 4 is 46.3 Å². The van der Waals surface area contributed by atoms with E-state index in [-0.39, 0.29) is 24.5 Å². The molecule has 1 aliphatic heterocycles. The van der Waals surface area contributed by atoms with E-state index in [1.165, 1.54) is 12.0 Å². The summed E-state index contributed by atoms with van der Waals surface area (Å²) in [7, 11) is 1.30. The number of rotatable bonds is 6. The van der Waals surface area contributed by atoms with Crippen LogP contribution in [0.25, 0.3) is 0 Å². The van der Waals surface area contributed by atoms with E-state index >= 15 is 0 Å². The molecule has 3 aromatic rings. The number of ether oxygens (including phenoxy) is 1. The number of para-hydroxylation sites is 2. The van der Waals surface area contributed by atoms with Crippen molar-refractivity contribution in [2.24, 2.45) is 0 Å². The van der Waals surface area contributed by atoms with Crippen LogP contribution in [0.5, 0.6) is 0 Å². The second-order valence-electron chi connectivity index (χ2n) is 9.25. The molecule has 0 saturated carbocycles. The maximum atomic E-state index is 13.9. The molecule has 1 amide bonds. The number of methoxy groups -OCH3 is 1. The van der Waals surface area contributed by atoms with Crippen molar-refractivity contribution in [2.45, 2.75) is 37.6 Å². The number of fused-ring (bicyclic) bond motifs is 1. The van der Waals surface area contributed by atoms with Gasteiger partial charge >= 0.3 is 11.9 Å². The van der Waals surface area contributed by atoms with Crippen LogP contribution in [-0.4, -0.2) is 35.8 Å². The highest BCUT2D eigenvalue weighted by Gasteiger charge is 2.41. The zero-order chi connectivity index (χ0) is 26.8. The number of benzene rings is 2. The molecule has 2 atom stereocenters. The number of Topliss-reactive ketones (excluding diaryl/α,β-unsaturated/α-hetero) is 1. The highest BCUT2D eigenvalue weighted by molar-refractivity contribution is 7.10. The Labute approximate surface area is 223 Å². The molecule has 0 saturated heterocycles. The fourth-order valence-corrected chi connectivity index (χ4v) is 5.99. The molecule has 2 N–H and O–H groups in total. The molecule has 194 valence electrons. The summed E-state index contributed by atoms with van der Waals surface area (Å²) in [4.78, 5) is 53.6. The summed E-state index contributed by atoms with van der Waals surface area (Å²) in [5.74, 6) is -2.05. The molecule has 5 rings (SSSR count). The number of esters is 1. The Balaban J connectivity index is 1.68. The SMILES string of the molecule is COC(=O)c1ccc([C@H]2C3=C(C[C@H](c4cccs4)CC3=O)Nc3ccccc3N2C(=O)CCC(=O)O)cc1. The van der Waals surface area contributed by atoms with Gasteiger partial charge in [-0.15, -0.1) is 11.3 Å².